The Bertz CT molecular complexity index is 803. The van der Waals surface area contributed by atoms with Gasteiger partial charge in [0.25, 0.3) is 0 Å². The van der Waals surface area contributed by atoms with Gasteiger partial charge in [0.05, 0.1) is 0 Å². The topological polar surface area (TPSA) is 12.0 Å². The Morgan fingerprint density at radius 2 is 1.13 bits per heavy atom. The van der Waals surface area contributed by atoms with Gasteiger partial charge in [-0.15, -0.1) is 0 Å². The minimum Gasteiger partial charge on any atom is -0.314 e. The molecule has 0 saturated heterocycles. The van der Waals surface area contributed by atoms with Gasteiger partial charge in [0, 0.05) is 6.04 Å². The van der Waals surface area contributed by atoms with Crippen molar-refractivity contribution in [2.75, 3.05) is 6.54 Å². The van der Waals surface area contributed by atoms with Crippen molar-refractivity contribution in [3.63, 3.8) is 0 Å². The number of hydrogen-bond donors (Lipinski definition) is 1. The molecule has 270 valence electrons. The van der Waals surface area contributed by atoms with Gasteiger partial charge in [-0.05, 0) is 123 Å². The lowest BCUT2D eigenvalue weighted by Crippen LogP contribution is -2.55. The molecule has 0 heterocycles. The Hall–Kier alpha value is -0.0400. The minimum atomic E-state index is 0.637. The minimum absolute atomic E-state index is 0.637. The third-order valence-corrected chi connectivity index (χ3v) is 15.3. The normalized spacial score (nSPS) is 34.8. The monoisotopic (exact) mass is 640 g/mol. The molecule has 4 saturated carbocycles. The van der Waals surface area contributed by atoms with Gasteiger partial charge in [-0.2, -0.15) is 0 Å². The molecule has 4 aliphatic rings. The average Bonchev–Trinajstić information content (AvgIpc) is 3.39. The Labute approximate surface area is 290 Å². The van der Waals surface area contributed by atoms with Gasteiger partial charge in [-0.3, -0.25) is 0 Å². The van der Waals surface area contributed by atoms with Crippen LogP contribution in [0.1, 0.15) is 221 Å². The first-order valence-corrected chi connectivity index (χ1v) is 22.0. The van der Waals surface area contributed by atoms with Gasteiger partial charge in [0.15, 0.2) is 0 Å². The molecule has 9 atom stereocenters. The molecule has 0 amide bonds. The molecular formula is C45H85N. The Morgan fingerprint density at radius 1 is 0.565 bits per heavy atom. The van der Waals surface area contributed by atoms with E-state index < -0.39 is 0 Å². The lowest BCUT2D eigenvalue weighted by atomic mass is 9.44. The maximum absolute atomic E-state index is 4.08. The quantitative estimate of drug-likeness (QED) is 0.110. The molecule has 4 rings (SSSR count). The SMILES string of the molecule is CCCCCCCCCCCCCCCCCCNC1CC[C@@]2(C)C(CC[C@H]3[C@@H]4CC[C@H]([C@H](C)CCCC(C)C)[C@@]4(C)CC[C@@H]32)C1. The standard InChI is InChI=1S/C45H85N/c1-7-8-9-10-11-12-13-14-15-16-17-18-19-20-21-22-34-46-39-30-32-44(5)38(35-39)26-27-40-42-29-28-41(37(4)25-23-24-36(2)3)45(42,6)33-31-43(40)44/h36-43,46H,7-35H2,1-6H3/t37-,38?,39?,40+,41-,42+,43+,44+,45-/m1/s1. The van der Waals surface area contributed by atoms with Crippen molar-refractivity contribution in [3.05, 3.63) is 0 Å². The molecule has 0 aromatic carbocycles. The van der Waals surface area contributed by atoms with Gasteiger partial charge < -0.3 is 5.32 Å². The van der Waals surface area contributed by atoms with Gasteiger partial charge in [0.1, 0.15) is 0 Å². The van der Waals surface area contributed by atoms with Gasteiger partial charge in [-0.1, -0.05) is 157 Å². The van der Waals surface area contributed by atoms with Crippen molar-refractivity contribution in [2.45, 2.75) is 227 Å². The van der Waals surface area contributed by atoms with Crippen LogP contribution in [0.25, 0.3) is 0 Å². The van der Waals surface area contributed by atoms with Crippen molar-refractivity contribution in [3.8, 4) is 0 Å². The molecule has 1 heteroatoms. The van der Waals surface area contributed by atoms with Gasteiger partial charge >= 0.3 is 0 Å². The molecule has 0 aliphatic heterocycles. The van der Waals surface area contributed by atoms with Crippen molar-refractivity contribution < 1.29 is 0 Å². The number of fused-ring (bicyclic) bond motifs is 5. The van der Waals surface area contributed by atoms with E-state index in [4.69, 9.17) is 0 Å². The van der Waals surface area contributed by atoms with E-state index >= 15 is 0 Å². The lowest BCUT2D eigenvalue weighted by molar-refractivity contribution is -0.118. The van der Waals surface area contributed by atoms with E-state index in [0.29, 0.717) is 10.8 Å². The second-order valence-electron chi connectivity index (χ2n) is 18.9. The van der Waals surface area contributed by atoms with E-state index in [1.807, 2.05) is 0 Å². The third kappa shape index (κ3) is 10.7. The van der Waals surface area contributed by atoms with Gasteiger partial charge in [-0.25, -0.2) is 0 Å². The van der Waals surface area contributed by atoms with E-state index in [0.717, 1.165) is 47.5 Å². The summed E-state index contributed by atoms with van der Waals surface area (Å²) in [6.45, 7) is 16.6. The van der Waals surface area contributed by atoms with E-state index in [1.165, 1.54) is 154 Å². The first kappa shape index (κ1) is 38.8. The Balaban J connectivity index is 1.05. The molecule has 2 unspecified atom stereocenters. The van der Waals surface area contributed by atoms with Crippen LogP contribution in [-0.4, -0.2) is 12.6 Å². The summed E-state index contributed by atoms with van der Waals surface area (Å²) in [5.74, 6) is 6.90. The summed E-state index contributed by atoms with van der Waals surface area (Å²) >= 11 is 0. The van der Waals surface area contributed by atoms with E-state index in [-0.39, 0.29) is 0 Å². The van der Waals surface area contributed by atoms with Gasteiger partial charge in [0.2, 0.25) is 0 Å². The molecule has 4 aliphatic carbocycles. The zero-order valence-electron chi connectivity index (χ0n) is 32.6. The number of hydrogen-bond acceptors (Lipinski definition) is 1. The first-order chi connectivity index (χ1) is 22.3. The second-order valence-corrected chi connectivity index (χ2v) is 18.9. The fourth-order valence-electron chi connectivity index (χ4n) is 12.4. The Morgan fingerprint density at radius 3 is 1.74 bits per heavy atom. The van der Waals surface area contributed by atoms with E-state index in [1.54, 1.807) is 32.1 Å². The number of nitrogens with one attached hydrogen (secondary N) is 1. The van der Waals surface area contributed by atoms with Crippen LogP contribution in [0.5, 0.6) is 0 Å². The van der Waals surface area contributed by atoms with Crippen LogP contribution < -0.4 is 5.32 Å². The maximum atomic E-state index is 4.08. The summed E-state index contributed by atoms with van der Waals surface area (Å²) in [6.07, 6.45) is 41.5. The molecule has 4 fully saturated rings. The molecule has 0 aromatic heterocycles. The van der Waals surface area contributed by atoms with Crippen LogP contribution in [-0.2, 0) is 0 Å². The van der Waals surface area contributed by atoms with Crippen LogP contribution in [0, 0.1) is 52.3 Å². The molecule has 0 radical (unpaired) electrons. The fraction of sp³-hybridized carbons (Fsp3) is 1.00. The highest BCUT2D eigenvalue weighted by atomic mass is 14.9. The van der Waals surface area contributed by atoms with E-state index in [2.05, 4.69) is 46.9 Å². The third-order valence-electron chi connectivity index (χ3n) is 15.3. The zero-order valence-corrected chi connectivity index (χ0v) is 32.6. The molecule has 0 aromatic rings. The van der Waals surface area contributed by atoms with Crippen molar-refractivity contribution >= 4 is 0 Å². The van der Waals surface area contributed by atoms with Crippen LogP contribution in [0.3, 0.4) is 0 Å². The predicted octanol–water partition coefficient (Wildman–Crippen LogP) is 14.3. The smallest absolute Gasteiger partial charge is 0.00701 e. The summed E-state index contributed by atoms with van der Waals surface area (Å²) in [4.78, 5) is 0. The maximum Gasteiger partial charge on any atom is 0.00701 e. The Kier molecular flexibility index (Phi) is 16.8. The fourth-order valence-corrected chi connectivity index (χ4v) is 12.4. The van der Waals surface area contributed by atoms with E-state index in [9.17, 15) is 0 Å². The van der Waals surface area contributed by atoms with Crippen molar-refractivity contribution in [1.82, 2.24) is 5.32 Å². The number of unbranched alkanes of at least 4 members (excludes halogenated alkanes) is 15. The molecule has 0 bridgehead atoms. The van der Waals surface area contributed by atoms with Crippen LogP contribution >= 0.6 is 0 Å². The van der Waals surface area contributed by atoms with Crippen molar-refractivity contribution in [1.29, 1.82) is 0 Å². The summed E-state index contributed by atoms with van der Waals surface area (Å²) in [7, 11) is 0. The average molecular weight is 640 g/mol. The molecule has 46 heavy (non-hydrogen) atoms. The molecule has 1 nitrogen and oxygen atoms in total. The van der Waals surface area contributed by atoms with Crippen LogP contribution in [0.15, 0.2) is 0 Å². The predicted molar refractivity (Wildman–Crippen MR) is 204 cm³/mol. The largest absolute Gasteiger partial charge is 0.314 e. The highest BCUT2D eigenvalue weighted by molar-refractivity contribution is 5.10. The van der Waals surface area contributed by atoms with Crippen LogP contribution in [0.4, 0.5) is 0 Å². The summed E-state index contributed by atoms with van der Waals surface area (Å²) in [5, 5.41) is 4.08. The molecular weight excluding hydrogens is 555 g/mol. The molecule has 1 N–H and O–H groups in total. The summed E-state index contributed by atoms with van der Waals surface area (Å²) in [6, 6.07) is 0.808. The van der Waals surface area contributed by atoms with Crippen LogP contribution in [0.2, 0.25) is 0 Å². The summed E-state index contributed by atoms with van der Waals surface area (Å²) in [5.41, 5.74) is 1.28. The first-order valence-electron chi connectivity index (χ1n) is 22.0. The summed E-state index contributed by atoms with van der Waals surface area (Å²) < 4.78 is 0. The highest BCUT2D eigenvalue weighted by Gasteiger charge is 2.60. The molecule has 0 spiro atoms. The zero-order chi connectivity index (χ0) is 32.8. The highest BCUT2D eigenvalue weighted by Crippen LogP contribution is 2.68. The number of rotatable bonds is 23. The second kappa shape index (κ2) is 20.0. The van der Waals surface area contributed by atoms with Crippen molar-refractivity contribution in [2.24, 2.45) is 52.3 Å². The lowest BCUT2D eigenvalue weighted by Gasteiger charge is -2.61.